The van der Waals surface area contributed by atoms with Gasteiger partial charge >= 0.3 is 0 Å². The monoisotopic (exact) mass is 346 g/mol. The first-order valence-corrected chi connectivity index (χ1v) is 8.16. The van der Waals surface area contributed by atoms with Crippen molar-refractivity contribution in [3.8, 4) is 0 Å². The van der Waals surface area contributed by atoms with Crippen molar-refractivity contribution in [1.82, 2.24) is 20.6 Å². The number of carbonyl (C=O) groups is 2. The number of rotatable bonds is 6. The second-order valence-electron chi connectivity index (χ2n) is 5.67. The van der Waals surface area contributed by atoms with E-state index in [1.807, 2.05) is 42.5 Å². The lowest BCUT2D eigenvalue weighted by Crippen LogP contribution is -2.25. The Morgan fingerprint density at radius 2 is 1.27 bits per heavy atom. The fourth-order valence-corrected chi connectivity index (χ4v) is 2.35. The Kier molecular flexibility index (Phi) is 5.67. The molecular formula is C20H18N4O2. The molecule has 0 aliphatic rings. The van der Waals surface area contributed by atoms with Gasteiger partial charge in [-0.1, -0.05) is 30.3 Å². The summed E-state index contributed by atoms with van der Waals surface area (Å²) < 4.78 is 0. The number of nitrogens with zero attached hydrogens (tertiary/aromatic N) is 2. The van der Waals surface area contributed by atoms with Crippen LogP contribution in [0.1, 0.15) is 31.8 Å². The van der Waals surface area contributed by atoms with Crippen LogP contribution in [-0.4, -0.2) is 21.8 Å². The van der Waals surface area contributed by atoms with Crippen LogP contribution in [-0.2, 0) is 13.1 Å². The highest BCUT2D eigenvalue weighted by molar-refractivity contribution is 5.99. The van der Waals surface area contributed by atoms with Gasteiger partial charge in [0.05, 0.1) is 11.1 Å². The lowest BCUT2D eigenvalue weighted by molar-refractivity contribution is 0.0950. The van der Waals surface area contributed by atoms with Gasteiger partial charge in [-0.2, -0.15) is 0 Å². The summed E-state index contributed by atoms with van der Waals surface area (Å²) in [6, 6.07) is 14.8. The van der Waals surface area contributed by atoms with Crippen molar-refractivity contribution in [3.05, 3.63) is 95.6 Å². The molecule has 0 aliphatic carbocycles. The summed E-state index contributed by atoms with van der Waals surface area (Å²) in [6.45, 7) is 0.796. The van der Waals surface area contributed by atoms with Crippen molar-refractivity contribution >= 4 is 11.8 Å². The minimum atomic E-state index is -0.285. The largest absolute Gasteiger partial charge is 0.348 e. The molecule has 3 rings (SSSR count). The average Bonchev–Trinajstić information content (AvgIpc) is 2.72. The van der Waals surface area contributed by atoms with E-state index in [1.165, 1.54) is 18.5 Å². The van der Waals surface area contributed by atoms with Crippen molar-refractivity contribution in [1.29, 1.82) is 0 Å². The number of hydrogen-bond donors (Lipinski definition) is 2. The topological polar surface area (TPSA) is 84.0 Å². The van der Waals surface area contributed by atoms with Gasteiger partial charge < -0.3 is 10.6 Å². The smallest absolute Gasteiger partial charge is 0.253 e. The molecule has 0 saturated heterocycles. The van der Waals surface area contributed by atoms with E-state index in [4.69, 9.17) is 0 Å². The molecule has 26 heavy (non-hydrogen) atoms. The molecule has 0 atom stereocenters. The van der Waals surface area contributed by atoms with Gasteiger partial charge in [0.2, 0.25) is 0 Å². The number of benzene rings is 1. The summed E-state index contributed by atoms with van der Waals surface area (Å²) in [5.74, 6) is -0.558. The molecule has 6 nitrogen and oxygen atoms in total. The van der Waals surface area contributed by atoms with E-state index in [2.05, 4.69) is 20.6 Å². The normalized spacial score (nSPS) is 10.2. The highest BCUT2D eigenvalue weighted by Crippen LogP contribution is 2.05. The van der Waals surface area contributed by atoms with Crippen LogP contribution in [0.15, 0.2) is 73.3 Å². The Morgan fingerprint density at radius 1 is 0.731 bits per heavy atom. The SMILES string of the molecule is O=C(NCc1ccccc1)c1cncc(C(=O)NCc2ccncc2)c1. The molecule has 1 aromatic carbocycles. The molecule has 0 fully saturated rings. The second-order valence-corrected chi connectivity index (χ2v) is 5.67. The minimum absolute atomic E-state index is 0.273. The lowest BCUT2D eigenvalue weighted by Gasteiger charge is -2.08. The summed E-state index contributed by atoms with van der Waals surface area (Å²) >= 11 is 0. The molecule has 6 heteroatoms. The summed E-state index contributed by atoms with van der Waals surface area (Å²) in [5.41, 5.74) is 2.63. The van der Waals surface area contributed by atoms with E-state index < -0.39 is 0 Å². The summed E-state index contributed by atoms with van der Waals surface area (Å²) in [5, 5.41) is 5.62. The third kappa shape index (κ3) is 4.73. The predicted molar refractivity (Wildman–Crippen MR) is 97.3 cm³/mol. The van der Waals surface area contributed by atoms with Gasteiger partial charge in [0, 0.05) is 37.9 Å². The maximum absolute atomic E-state index is 12.3. The molecule has 130 valence electrons. The van der Waals surface area contributed by atoms with Gasteiger partial charge in [-0.05, 0) is 29.3 Å². The molecule has 0 aliphatic heterocycles. The number of amides is 2. The highest BCUT2D eigenvalue weighted by atomic mass is 16.2. The number of carbonyl (C=O) groups excluding carboxylic acids is 2. The van der Waals surface area contributed by atoms with Gasteiger partial charge in [0.1, 0.15) is 0 Å². The van der Waals surface area contributed by atoms with E-state index >= 15 is 0 Å². The van der Waals surface area contributed by atoms with Crippen LogP contribution < -0.4 is 10.6 Å². The van der Waals surface area contributed by atoms with Gasteiger partial charge in [-0.25, -0.2) is 0 Å². The zero-order valence-corrected chi connectivity index (χ0v) is 14.1. The van der Waals surface area contributed by atoms with Crippen molar-refractivity contribution in [2.24, 2.45) is 0 Å². The number of pyridine rings is 2. The number of hydrogen-bond acceptors (Lipinski definition) is 4. The van der Waals surface area contributed by atoms with E-state index in [1.54, 1.807) is 12.4 Å². The Labute approximate surface area is 151 Å². The third-order valence-electron chi connectivity index (χ3n) is 3.76. The first kappa shape index (κ1) is 17.3. The molecule has 2 heterocycles. The average molecular weight is 346 g/mol. The zero-order valence-electron chi connectivity index (χ0n) is 14.1. The Morgan fingerprint density at radius 3 is 1.85 bits per heavy atom. The standard InChI is InChI=1S/C20H18N4O2/c25-19(23-11-15-4-2-1-3-5-15)17-10-18(14-22-13-17)20(26)24-12-16-6-8-21-9-7-16/h1-10,13-14H,11-12H2,(H,23,25)(H,24,26). The molecule has 2 N–H and O–H groups in total. The van der Waals surface area contributed by atoms with Gasteiger partial charge in [-0.15, -0.1) is 0 Å². The molecule has 0 saturated carbocycles. The van der Waals surface area contributed by atoms with Crippen LogP contribution in [0.3, 0.4) is 0 Å². The fraction of sp³-hybridized carbons (Fsp3) is 0.100. The molecule has 2 aromatic heterocycles. The molecule has 0 bridgehead atoms. The van der Waals surface area contributed by atoms with E-state index in [-0.39, 0.29) is 11.8 Å². The Balaban J connectivity index is 1.60. The van der Waals surface area contributed by atoms with Crippen LogP contribution in [0.5, 0.6) is 0 Å². The van der Waals surface area contributed by atoms with Crippen LogP contribution in [0, 0.1) is 0 Å². The quantitative estimate of drug-likeness (QED) is 0.717. The van der Waals surface area contributed by atoms with Crippen molar-refractivity contribution in [2.45, 2.75) is 13.1 Å². The predicted octanol–water partition coefficient (Wildman–Crippen LogP) is 2.34. The van der Waals surface area contributed by atoms with Crippen molar-refractivity contribution < 1.29 is 9.59 Å². The van der Waals surface area contributed by atoms with Gasteiger partial charge in [-0.3, -0.25) is 19.6 Å². The van der Waals surface area contributed by atoms with Crippen LogP contribution >= 0.6 is 0 Å². The number of nitrogens with one attached hydrogen (secondary N) is 2. The highest BCUT2D eigenvalue weighted by Gasteiger charge is 2.11. The molecule has 0 spiro atoms. The zero-order chi connectivity index (χ0) is 18.2. The summed E-state index contributed by atoms with van der Waals surface area (Å²) in [7, 11) is 0. The van der Waals surface area contributed by atoms with Crippen molar-refractivity contribution in [3.63, 3.8) is 0 Å². The Hall–Kier alpha value is -3.54. The van der Waals surface area contributed by atoms with E-state index in [9.17, 15) is 9.59 Å². The molecule has 0 unspecified atom stereocenters. The van der Waals surface area contributed by atoms with Gasteiger partial charge in [0.15, 0.2) is 0 Å². The first-order chi connectivity index (χ1) is 12.7. The van der Waals surface area contributed by atoms with Crippen LogP contribution in [0.2, 0.25) is 0 Å². The summed E-state index contributed by atoms with van der Waals surface area (Å²) in [4.78, 5) is 32.5. The number of aromatic nitrogens is 2. The first-order valence-electron chi connectivity index (χ1n) is 8.16. The maximum Gasteiger partial charge on any atom is 0.253 e. The third-order valence-corrected chi connectivity index (χ3v) is 3.76. The Bertz CT molecular complexity index is 812. The van der Waals surface area contributed by atoms with Crippen LogP contribution in [0.25, 0.3) is 0 Å². The van der Waals surface area contributed by atoms with E-state index in [0.717, 1.165) is 11.1 Å². The second kappa shape index (κ2) is 8.53. The summed E-state index contributed by atoms with van der Waals surface area (Å²) in [6.07, 6.45) is 6.22. The fourth-order valence-electron chi connectivity index (χ4n) is 2.35. The minimum Gasteiger partial charge on any atom is -0.348 e. The van der Waals surface area contributed by atoms with Gasteiger partial charge in [0.25, 0.3) is 11.8 Å². The van der Waals surface area contributed by atoms with Crippen LogP contribution in [0.4, 0.5) is 0 Å². The van der Waals surface area contributed by atoms with Crippen molar-refractivity contribution in [2.75, 3.05) is 0 Å². The lowest BCUT2D eigenvalue weighted by atomic mass is 10.1. The molecule has 3 aromatic rings. The molecular weight excluding hydrogens is 328 g/mol. The molecule has 2 amide bonds. The van der Waals surface area contributed by atoms with E-state index in [0.29, 0.717) is 24.2 Å². The molecule has 0 radical (unpaired) electrons. The maximum atomic E-state index is 12.3.